The maximum Gasteiger partial charge on any atom is 0.264 e. The first-order valence-corrected chi connectivity index (χ1v) is 12.8. The largest absolute Gasteiger partial charge is 0.505 e. The number of carbonyl (C=O) groups is 1. The lowest BCUT2D eigenvalue weighted by Crippen LogP contribution is -2.35. The molecule has 6 nitrogen and oxygen atoms in total. The molecule has 0 spiro atoms. The fraction of sp³-hybridized carbons (Fsp3) is 0.379. The van der Waals surface area contributed by atoms with Gasteiger partial charge in [-0.1, -0.05) is 61.9 Å². The Bertz CT molecular complexity index is 1270. The lowest BCUT2D eigenvalue weighted by molar-refractivity contribution is 0.0786. The Kier molecular flexibility index (Phi) is 6.62. The normalized spacial score (nSPS) is 17.5. The van der Waals surface area contributed by atoms with Crippen LogP contribution in [0.4, 0.5) is 11.4 Å². The molecule has 1 fully saturated rings. The number of fused-ring (bicyclic) bond motifs is 1. The second kappa shape index (κ2) is 9.98. The van der Waals surface area contributed by atoms with E-state index in [2.05, 4.69) is 41.1 Å². The summed E-state index contributed by atoms with van der Waals surface area (Å²) in [5, 5.41) is 11.5. The van der Waals surface area contributed by atoms with Crippen molar-refractivity contribution in [3.05, 3.63) is 87.3 Å². The molecule has 3 heterocycles. The molecule has 2 aliphatic rings. The number of rotatable bonds is 6. The molecule has 0 bridgehead atoms. The molecule has 0 saturated carbocycles. The highest BCUT2D eigenvalue weighted by molar-refractivity contribution is 5.99. The Morgan fingerprint density at radius 3 is 2.66 bits per heavy atom. The highest BCUT2D eigenvalue weighted by atomic mass is 16.3. The summed E-state index contributed by atoms with van der Waals surface area (Å²) in [6.07, 6.45) is 5.25. The van der Waals surface area contributed by atoms with Crippen molar-refractivity contribution in [2.75, 3.05) is 24.5 Å². The van der Waals surface area contributed by atoms with Crippen LogP contribution in [0.1, 0.15) is 65.7 Å². The third kappa shape index (κ3) is 4.45. The van der Waals surface area contributed by atoms with Crippen molar-refractivity contribution in [1.82, 2.24) is 9.88 Å². The molecule has 2 N–H and O–H groups in total. The van der Waals surface area contributed by atoms with Crippen LogP contribution < -0.4 is 10.5 Å². The van der Waals surface area contributed by atoms with E-state index in [1.807, 2.05) is 30.3 Å². The smallest absolute Gasteiger partial charge is 0.264 e. The molecule has 1 amide bonds. The van der Waals surface area contributed by atoms with Gasteiger partial charge in [0.05, 0.1) is 0 Å². The number of hydrogen-bond acceptors (Lipinski definition) is 4. The molecule has 1 aromatic heterocycles. The number of H-pyrrole nitrogens is 1. The zero-order valence-corrected chi connectivity index (χ0v) is 20.3. The number of nitrogens with zero attached hydrogens (tertiary/aromatic N) is 2. The van der Waals surface area contributed by atoms with Crippen LogP contribution in [0.2, 0.25) is 0 Å². The number of aromatic amines is 1. The molecule has 1 saturated heterocycles. The number of pyridine rings is 1. The minimum atomic E-state index is -0.504. The van der Waals surface area contributed by atoms with Crippen LogP contribution in [0.25, 0.3) is 0 Å². The number of aromatic hydroxyl groups is 1. The first-order valence-electron chi connectivity index (χ1n) is 12.8. The van der Waals surface area contributed by atoms with E-state index in [9.17, 15) is 14.7 Å². The Labute approximate surface area is 206 Å². The first kappa shape index (κ1) is 23.2. The maximum absolute atomic E-state index is 13.6. The molecule has 3 aromatic rings. The molecular weight excluding hydrogens is 438 g/mol. The van der Waals surface area contributed by atoms with E-state index >= 15 is 0 Å². The topological polar surface area (TPSA) is 76.6 Å². The summed E-state index contributed by atoms with van der Waals surface area (Å²) in [7, 11) is 0. The molecule has 2 aliphatic heterocycles. The molecule has 6 heteroatoms. The number of amides is 1. The van der Waals surface area contributed by atoms with E-state index in [0.717, 1.165) is 44.3 Å². The SMILES string of the molecule is CCCCc1[nH]c(=O)c(C(=O)N2CCC(c3ccccc3)C2)c(O)c1N1CCCc2ccccc21. The summed E-state index contributed by atoms with van der Waals surface area (Å²) < 4.78 is 0. The van der Waals surface area contributed by atoms with E-state index < -0.39 is 11.5 Å². The summed E-state index contributed by atoms with van der Waals surface area (Å²) in [5.74, 6) is -0.348. The van der Waals surface area contributed by atoms with E-state index in [4.69, 9.17) is 0 Å². The van der Waals surface area contributed by atoms with Gasteiger partial charge in [0, 0.05) is 36.9 Å². The van der Waals surface area contributed by atoms with Crippen molar-refractivity contribution >= 4 is 17.3 Å². The molecule has 0 radical (unpaired) electrons. The van der Waals surface area contributed by atoms with Gasteiger partial charge in [-0.3, -0.25) is 9.59 Å². The van der Waals surface area contributed by atoms with E-state index in [0.29, 0.717) is 30.9 Å². The first-order chi connectivity index (χ1) is 17.1. The van der Waals surface area contributed by atoms with E-state index in [1.54, 1.807) is 4.90 Å². The Morgan fingerprint density at radius 2 is 1.86 bits per heavy atom. The maximum atomic E-state index is 13.6. The average molecular weight is 472 g/mol. The molecule has 1 unspecified atom stereocenters. The van der Waals surface area contributed by atoms with Gasteiger partial charge in [0.15, 0.2) is 5.75 Å². The molecule has 2 aromatic carbocycles. The van der Waals surface area contributed by atoms with Gasteiger partial charge in [-0.2, -0.15) is 0 Å². The minimum absolute atomic E-state index is 0.142. The zero-order valence-electron chi connectivity index (χ0n) is 20.3. The van der Waals surface area contributed by atoms with Crippen molar-refractivity contribution in [1.29, 1.82) is 0 Å². The highest BCUT2D eigenvalue weighted by Crippen LogP contribution is 2.41. The second-order valence-corrected chi connectivity index (χ2v) is 9.64. The van der Waals surface area contributed by atoms with Crippen LogP contribution in [-0.4, -0.2) is 40.5 Å². The lowest BCUT2D eigenvalue weighted by Gasteiger charge is -2.33. The number of nitrogens with one attached hydrogen (secondary N) is 1. The fourth-order valence-corrected chi connectivity index (χ4v) is 5.52. The quantitative estimate of drug-likeness (QED) is 0.522. The highest BCUT2D eigenvalue weighted by Gasteiger charge is 2.34. The number of aromatic nitrogens is 1. The molecule has 1 atom stereocenters. The number of aryl methyl sites for hydroxylation is 2. The number of unbranched alkanes of at least 4 members (excludes halogenated alkanes) is 1. The predicted molar refractivity (Wildman–Crippen MR) is 139 cm³/mol. The van der Waals surface area contributed by atoms with Crippen LogP contribution in [0, 0.1) is 0 Å². The monoisotopic (exact) mass is 471 g/mol. The van der Waals surface area contributed by atoms with Gasteiger partial charge in [0.1, 0.15) is 11.3 Å². The molecule has 0 aliphatic carbocycles. The van der Waals surface area contributed by atoms with Crippen LogP contribution in [0.5, 0.6) is 5.75 Å². The van der Waals surface area contributed by atoms with Crippen molar-refractivity contribution < 1.29 is 9.90 Å². The lowest BCUT2D eigenvalue weighted by atomic mass is 9.98. The summed E-state index contributed by atoms with van der Waals surface area (Å²) in [5.41, 5.74) is 4.07. The Hall–Kier alpha value is -3.54. The fourth-order valence-electron chi connectivity index (χ4n) is 5.52. The van der Waals surface area contributed by atoms with Crippen molar-refractivity contribution in [2.24, 2.45) is 0 Å². The predicted octanol–water partition coefficient (Wildman–Crippen LogP) is 5.14. The van der Waals surface area contributed by atoms with E-state index in [1.165, 1.54) is 11.1 Å². The summed E-state index contributed by atoms with van der Waals surface area (Å²) >= 11 is 0. The van der Waals surface area contributed by atoms with Crippen LogP contribution in [-0.2, 0) is 12.8 Å². The van der Waals surface area contributed by atoms with Gasteiger partial charge in [-0.15, -0.1) is 0 Å². The standard InChI is InChI=1S/C29H33N3O3/c1-2-3-14-23-26(32-17-9-13-21-12-7-8-15-24(21)32)27(33)25(28(34)30-23)29(35)31-18-16-22(19-31)20-10-5-4-6-11-20/h4-8,10-12,15,22H,2-3,9,13-14,16-19H2,1H3,(H2,30,33,34). The van der Waals surface area contributed by atoms with Crippen LogP contribution in [0.15, 0.2) is 59.4 Å². The average Bonchev–Trinajstić information content (AvgIpc) is 3.38. The summed E-state index contributed by atoms with van der Waals surface area (Å²) in [4.78, 5) is 33.6. The van der Waals surface area contributed by atoms with Gasteiger partial charge in [-0.25, -0.2) is 0 Å². The zero-order chi connectivity index (χ0) is 24.4. The van der Waals surface area contributed by atoms with Crippen molar-refractivity contribution in [3.63, 3.8) is 0 Å². The Morgan fingerprint density at radius 1 is 1.09 bits per heavy atom. The van der Waals surface area contributed by atoms with Crippen molar-refractivity contribution in [2.45, 2.75) is 51.4 Å². The van der Waals surface area contributed by atoms with E-state index in [-0.39, 0.29) is 17.2 Å². The number of hydrogen-bond donors (Lipinski definition) is 2. The molecular formula is C29H33N3O3. The van der Waals surface area contributed by atoms with Gasteiger partial charge >= 0.3 is 0 Å². The number of carbonyl (C=O) groups excluding carboxylic acids is 1. The van der Waals surface area contributed by atoms with Crippen LogP contribution >= 0.6 is 0 Å². The number of anilines is 2. The molecule has 5 rings (SSSR count). The van der Waals surface area contributed by atoms with Crippen molar-refractivity contribution in [3.8, 4) is 5.75 Å². The second-order valence-electron chi connectivity index (χ2n) is 9.64. The van der Waals surface area contributed by atoms with Gasteiger partial charge in [-0.05, 0) is 49.3 Å². The molecule has 35 heavy (non-hydrogen) atoms. The third-order valence-corrected chi connectivity index (χ3v) is 7.36. The number of benzene rings is 2. The molecule has 182 valence electrons. The summed E-state index contributed by atoms with van der Waals surface area (Å²) in [6, 6.07) is 18.3. The van der Waals surface area contributed by atoms with Gasteiger partial charge < -0.3 is 19.9 Å². The number of para-hydroxylation sites is 1. The van der Waals surface area contributed by atoms with Gasteiger partial charge in [0.2, 0.25) is 0 Å². The Balaban J connectivity index is 1.53. The summed E-state index contributed by atoms with van der Waals surface area (Å²) in [6.45, 7) is 3.93. The third-order valence-electron chi connectivity index (χ3n) is 7.36. The van der Waals surface area contributed by atoms with Gasteiger partial charge in [0.25, 0.3) is 11.5 Å². The minimum Gasteiger partial charge on any atom is -0.505 e. The van der Waals surface area contributed by atoms with Crippen LogP contribution in [0.3, 0.4) is 0 Å². The number of likely N-dealkylation sites (tertiary alicyclic amines) is 1.